The van der Waals surface area contributed by atoms with Crippen molar-refractivity contribution in [1.29, 1.82) is 0 Å². The van der Waals surface area contributed by atoms with Gasteiger partial charge in [0.25, 0.3) is 0 Å². The van der Waals surface area contributed by atoms with Crippen LogP contribution in [0.25, 0.3) is 0 Å². The molecule has 2 heteroatoms. The normalized spacial score (nSPS) is 23.1. The fraction of sp³-hybridized carbons (Fsp3) is 0.800. The van der Waals surface area contributed by atoms with Gasteiger partial charge in [-0.25, -0.2) is 0 Å². The van der Waals surface area contributed by atoms with Crippen molar-refractivity contribution in [3.8, 4) is 0 Å². The van der Waals surface area contributed by atoms with Gasteiger partial charge in [0, 0.05) is 0 Å². The van der Waals surface area contributed by atoms with Crippen LogP contribution >= 0.6 is 11.8 Å². The third-order valence-corrected chi connectivity index (χ3v) is 3.10. The van der Waals surface area contributed by atoms with E-state index < -0.39 is 0 Å². The summed E-state index contributed by atoms with van der Waals surface area (Å²) in [6.45, 7) is 2.10. The van der Waals surface area contributed by atoms with Gasteiger partial charge < -0.3 is 5.11 Å². The Morgan fingerprint density at radius 1 is 1.50 bits per heavy atom. The second-order valence-electron chi connectivity index (χ2n) is 3.81. The summed E-state index contributed by atoms with van der Waals surface area (Å²) in [5.41, 5.74) is 0.947. The average Bonchev–Trinajstić information content (AvgIpc) is 2.36. The maximum absolute atomic E-state index is 10.0. The summed E-state index contributed by atoms with van der Waals surface area (Å²) in [5.74, 6) is 0. The van der Waals surface area contributed by atoms with Crippen molar-refractivity contribution in [2.45, 2.75) is 44.6 Å². The Morgan fingerprint density at radius 3 is 2.58 bits per heavy atom. The highest BCUT2D eigenvalue weighted by molar-refractivity contribution is 8.01. The minimum absolute atomic E-state index is 0.365. The van der Waals surface area contributed by atoms with Gasteiger partial charge in [-0.15, -0.1) is 11.8 Å². The summed E-state index contributed by atoms with van der Waals surface area (Å²) in [7, 11) is 0. The average molecular weight is 186 g/mol. The van der Waals surface area contributed by atoms with Crippen molar-refractivity contribution in [3.05, 3.63) is 11.0 Å². The predicted octanol–water partition coefficient (Wildman–Crippen LogP) is 2.95. The van der Waals surface area contributed by atoms with Gasteiger partial charge in [-0.05, 0) is 37.9 Å². The SMILES string of the molecule is CS/C=C(\C)CC1(O)CCCC1. The lowest BCUT2D eigenvalue weighted by Crippen LogP contribution is -2.23. The summed E-state index contributed by atoms with van der Waals surface area (Å²) in [6.07, 6.45) is 7.31. The van der Waals surface area contributed by atoms with E-state index in [0.29, 0.717) is 0 Å². The van der Waals surface area contributed by atoms with Crippen LogP contribution in [0.5, 0.6) is 0 Å². The molecule has 0 amide bonds. The second-order valence-corrected chi connectivity index (χ2v) is 4.52. The van der Waals surface area contributed by atoms with Crippen LogP contribution in [0.4, 0.5) is 0 Å². The van der Waals surface area contributed by atoms with E-state index in [4.69, 9.17) is 0 Å². The van der Waals surface area contributed by atoms with Gasteiger partial charge >= 0.3 is 0 Å². The zero-order chi connectivity index (χ0) is 9.03. The van der Waals surface area contributed by atoms with Crippen molar-refractivity contribution in [2.75, 3.05) is 6.26 Å². The molecular formula is C10H18OS. The smallest absolute Gasteiger partial charge is 0.0684 e. The molecule has 0 aliphatic heterocycles. The Balaban J connectivity index is 2.43. The van der Waals surface area contributed by atoms with Gasteiger partial charge in [0.05, 0.1) is 5.60 Å². The largest absolute Gasteiger partial charge is 0.390 e. The first-order valence-electron chi connectivity index (χ1n) is 4.57. The maximum atomic E-state index is 10.0. The van der Waals surface area contributed by atoms with Crippen LogP contribution in [0.2, 0.25) is 0 Å². The molecule has 1 aliphatic rings. The van der Waals surface area contributed by atoms with Crippen LogP contribution in [0.1, 0.15) is 39.0 Å². The molecule has 0 saturated heterocycles. The van der Waals surface area contributed by atoms with E-state index in [1.165, 1.54) is 18.4 Å². The summed E-state index contributed by atoms with van der Waals surface area (Å²) >= 11 is 1.72. The number of aliphatic hydroxyl groups is 1. The van der Waals surface area contributed by atoms with Crippen LogP contribution < -0.4 is 0 Å². The van der Waals surface area contributed by atoms with E-state index in [2.05, 4.69) is 18.6 Å². The van der Waals surface area contributed by atoms with E-state index in [1.54, 1.807) is 11.8 Å². The topological polar surface area (TPSA) is 20.2 Å². The summed E-state index contributed by atoms with van der Waals surface area (Å²) in [4.78, 5) is 0. The Bertz CT molecular complexity index is 169. The first-order valence-corrected chi connectivity index (χ1v) is 5.86. The minimum atomic E-state index is -0.365. The van der Waals surface area contributed by atoms with E-state index in [0.717, 1.165) is 19.3 Å². The third kappa shape index (κ3) is 2.83. The molecule has 1 rings (SSSR count). The zero-order valence-corrected chi connectivity index (χ0v) is 8.78. The van der Waals surface area contributed by atoms with Crippen molar-refractivity contribution >= 4 is 11.8 Å². The molecule has 1 N–H and O–H groups in total. The molecule has 0 aromatic carbocycles. The standard InChI is InChI=1S/C10H18OS/c1-9(8-12-2)7-10(11)5-3-4-6-10/h8,11H,3-7H2,1-2H3/b9-8+. The number of rotatable bonds is 3. The Labute approximate surface area is 79.2 Å². The van der Waals surface area contributed by atoms with Gasteiger partial charge in [-0.3, -0.25) is 0 Å². The number of thioether (sulfide) groups is 1. The van der Waals surface area contributed by atoms with Crippen LogP contribution in [0.15, 0.2) is 11.0 Å². The maximum Gasteiger partial charge on any atom is 0.0684 e. The van der Waals surface area contributed by atoms with Gasteiger partial charge in [0.1, 0.15) is 0 Å². The highest BCUT2D eigenvalue weighted by Crippen LogP contribution is 2.34. The highest BCUT2D eigenvalue weighted by Gasteiger charge is 2.30. The Hall–Kier alpha value is 0.0500. The monoisotopic (exact) mass is 186 g/mol. The Kier molecular flexibility index (Phi) is 3.66. The molecule has 0 radical (unpaired) electrons. The zero-order valence-electron chi connectivity index (χ0n) is 7.97. The summed E-state index contributed by atoms with van der Waals surface area (Å²) in [5, 5.41) is 12.2. The van der Waals surface area contributed by atoms with Gasteiger partial charge in [0.2, 0.25) is 0 Å². The molecule has 0 spiro atoms. The molecule has 1 nitrogen and oxygen atoms in total. The van der Waals surface area contributed by atoms with E-state index in [9.17, 15) is 5.11 Å². The third-order valence-electron chi connectivity index (χ3n) is 2.46. The first-order chi connectivity index (χ1) is 5.66. The number of hydrogen-bond donors (Lipinski definition) is 1. The lowest BCUT2D eigenvalue weighted by molar-refractivity contribution is 0.0483. The lowest BCUT2D eigenvalue weighted by Gasteiger charge is -2.22. The van der Waals surface area contributed by atoms with Crippen molar-refractivity contribution in [3.63, 3.8) is 0 Å². The van der Waals surface area contributed by atoms with E-state index in [-0.39, 0.29) is 5.60 Å². The van der Waals surface area contributed by atoms with Crippen LogP contribution in [-0.2, 0) is 0 Å². The summed E-state index contributed by atoms with van der Waals surface area (Å²) in [6, 6.07) is 0. The molecule has 0 aromatic heterocycles. The van der Waals surface area contributed by atoms with E-state index in [1.807, 2.05) is 0 Å². The minimum Gasteiger partial charge on any atom is -0.390 e. The second kappa shape index (κ2) is 4.33. The molecule has 0 aromatic rings. The van der Waals surface area contributed by atoms with Crippen LogP contribution in [0, 0.1) is 0 Å². The quantitative estimate of drug-likeness (QED) is 0.731. The van der Waals surface area contributed by atoms with Gasteiger partial charge in [0.15, 0.2) is 0 Å². The van der Waals surface area contributed by atoms with Crippen LogP contribution in [0.3, 0.4) is 0 Å². The molecule has 70 valence electrons. The molecule has 0 unspecified atom stereocenters. The van der Waals surface area contributed by atoms with Gasteiger partial charge in [-0.1, -0.05) is 18.4 Å². The molecule has 1 aliphatic carbocycles. The first kappa shape index (κ1) is 10.1. The van der Waals surface area contributed by atoms with Crippen molar-refractivity contribution < 1.29 is 5.11 Å². The predicted molar refractivity (Wildman–Crippen MR) is 55.3 cm³/mol. The molecule has 1 fully saturated rings. The Morgan fingerprint density at radius 2 is 2.08 bits per heavy atom. The van der Waals surface area contributed by atoms with Crippen LogP contribution in [-0.4, -0.2) is 17.0 Å². The van der Waals surface area contributed by atoms with Crippen molar-refractivity contribution in [1.82, 2.24) is 0 Å². The summed E-state index contributed by atoms with van der Waals surface area (Å²) < 4.78 is 0. The number of hydrogen-bond acceptors (Lipinski definition) is 2. The van der Waals surface area contributed by atoms with Gasteiger partial charge in [-0.2, -0.15) is 0 Å². The molecule has 0 bridgehead atoms. The molecule has 0 heterocycles. The fourth-order valence-electron chi connectivity index (χ4n) is 1.97. The fourth-order valence-corrected chi connectivity index (χ4v) is 2.46. The lowest BCUT2D eigenvalue weighted by atomic mass is 9.94. The molecule has 12 heavy (non-hydrogen) atoms. The van der Waals surface area contributed by atoms with E-state index >= 15 is 0 Å². The molecule has 0 atom stereocenters. The van der Waals surface area contributed by atoms with Crippen molar-refractivity contribution in [2.24, 2.45) is 0 Å². The molecule has 1 saturated carbocycles. The molecular weight excluding hydrogens is 168 g/mol. The highest BCUT2D eigenvalue weighted by atomic mass is 32.2.